The lowest BCUT2D eigenvalue weighted by Crippen LogP contribution is -2.25. The highest BCUT2D eigenvalue weighted by molar-refractivity contribution is 7.99. The summed E-state index contributed by atoms with van der Waals surface area (Å²) in [5.74, 6) is 2.18. The topological polar surface area (TPSA) is 82.2 Å². The molecule has 28 heavy (non-hydrogen) atoms. The summed E-state index contributed by atoms with van der Waals surface area (Å²) >= 11 is 7.20. The van der Waals surface area contributed by atoms with Gasteiger partial charge in [-0.1, -0.05) is 29.4 Å². The van der Waals surface area contributed by atoms with Crippen LogP contribution in [0.25, 0.3) is 0 Å². The van der Waals surface area contributed by atoms with Gasteiger partial charge in [0.15, 0.2) is 11.0 Å². The smallest absolute Gasteiger partial charge is 0.230 e. The van der Waals surface area contributed by atoms with Gasteiger partial charge in [-0.3, -0.25) is 9.36 Å². The molecular formula is C19H19ClN4O3S. The number of aromatic nitrogens is 3. The first kappa shape index (κ1) is 20.0. The van der Waals surface area contributed by atoms with E-state index >= 15 is 0 Å². The fraction of sp³-hybridized carbons (Fsp3) is 0.211. The first-order valence-electron chi connectivity index (χ1n) is 8.49. The lowest BCUT2D eigenvalue weighted by atomic mass is 10.3. The van der Waals surface area contributed by atoms with Gasteiger partial charge in [0, 0.05) is 11.6 Å². The predicted octanol–water partition coefficient (Wildman–Crippen LogP) is 3.55. The minimum Gasteiger partial charge on any atom is -0.486 e. The third-order valence-corrected chi connectivity index (χ3v) is 4.86. The van der Waals surface area contributed by atoms with Crippen LogP contribution in [-0.4, -0.2) is 33.0 Å². The van der Waals surface area contributed by atoms with E-state index in [2.05, 4.69) is 22.1 Å². The van der Waals surface area contributed by atoms with E-state index in [-0.39, 0.29) is 18.3 Å². The van der Waals surface area contributed by atoms with E-state index in [4.69, 9.17) is 20.8 Å². The summed E-state index contributed by atoms with van der Waals surface area (Å²) in [6, 6.07) is 10.8. The second-order valence-corrected chi connectivity index (χ2v) is 7.07. The van der Waals surface area contributed by atoms with Crippen molar-refractivity contribution in [1.29, 1.82) is 0 Å². The summed E-state index contributed by atoms with van der Waals surface area (Å²) < 4.78 is 13.1. The van der Waals surface area contributed by atoms with Gasteiger partial charge in [-0.15, -0.1) is 16.8 Å². The first-order chi connectivity index (χ1) is 13.7. The van der Waals surface area contributed by atoms with Crippen LogP contribution < -0.4 is 10.1 Å². The van der Waals surface area contributed by atoms with E-state index < -0.39 is 0 Å². The molecule has 2 heterocycles. The van der Waals surface area contributed by atoms with E-state index in [9.17, 15) is 4.79 Å². The monoisotopic (exact) mass is 418 g/mol. The van der Waals surface area contributed by atoms with Gasteiger partial charge in [0.25, 0.3) is 0 Å². The zero-order valence-electron chi connectivity index (χ0n) is 15.0. The second kappa shape index (κ2) is 10.0. The van der Waals surface area contributed by atoms with Crippen LogP contribution in [0.15, 0.2) is 64.9 Å². The molecule has 0 aliphatic rings. The third kappa shape index (κ3) is 5.64. The summed E-state index contributed by atoms with van der Waals surface area (Å²) in [6.07, 6.45) is 3.24. The number of carbonyl (C=O) groups excluding carboxylic acids is 1. The number of nitrogens with zero attached hydrogens (tertiary/aromatic N) is 3. The number of rotatable bonds is 10. The number of benzene rings is 1. The van der Waals surface area contributed by atoms with Crippen molar-refractivity contribution < 1.29 is 13.9 Å². The van der Waals surface area contributed by atoms with Crippen molar-refractivity contribution in [2.75, 3.05) is 12.3 Å². The van der Waals surface area contributed by atoms with Crippen molar-refractivity contribution in [2.24, 2.45) is 0 Å². The molecule has 0 saturated heterocycles. The van der Waals surface area contributed by atoms with Crippen LogP contribution in [-0.2, 0) is 17.9 Å². The molecule has 0 aliphatic carbocycles. The molecule has 7 nitrogen and oxygen atoms in total. The molecule has 3 aromatic rings. The molecule has 0 spiro atoms. The van der Waals surface area contributed by atoms with Gasteiger partial charge >= 0.3 is 0 Å². The normalized spacial score (nSPS) is 10.6. The van der Waals surface area contributed by atoms with Gasteiger partial charge in [0.2, 0.25) is 5.91 Å². The molecule has 0 radical (unpaired) electrons. The van der Waals surface area contributed by atoms with E-state index in [1.54, 1.807) is 36.6 Å². The van der Waals surface area contributed by atoms with Gasteiger partial charge in [-0.25, -0.2) is 0 Å². The van der Waals surface area contributed by atoms with Crippen LogP contribution in [0.1, 0.15) is 11.6 Å². The third-order valence-electron chi connectivity index (χ3n) is 3.65. The number of ether oxygens (including phenoxy) is 1. The highest BCUT2D eigenvalue weighted by Crippen LogP contribution is 2.21. The summed E-state index contributed by atoms with van der Waals surface area (Å²) in [5.41, 5.74) is 0. The Morgan fingerprint density at radius 1 is 1.32 bits per heavy atom. The molecular weight excluding hydrogens is 400 g/mol. The Morgan fingerprint density at radius 2 is 2.14 bits per heavy atom. The van der Waals surface area contributed by atoms with E-state index in [0.717, 1.165) is 5.76 Å². The van der Waals surface area contributed by atoms with Crippen LogP contribution in [0.5, 0.6) is 5.75 Å². The quantitative estimate of drug-likeness (QED) is 0.400. The Labute approximate surface area is 171 Å². The van der Waals surface area contributed by atoms with Crippen LogP contribution in [0.3, 0.4) is 0 Å². The van der Waals surface area contributed by atoms with Crippen molar-refractivity contribution in [1.82, 2.24) is 20.1 Å². The molecule has 0 unspecified atom stereocenters. The molecule has 1 amide bonds. The van der Waals surface area contributed by atoms with Crippen molar-refractivity contribution in [3.63, 3.8) is 0 Å². The zero-order chi connectivity index (χ0) is 19.8. The Balaban J connectivity index is 1.71. The number of halogens is 1. The average molecular weight is 419 g/mol. The van der Waals surface area contributed by atoms with E-state index in [1.807, 2.05) is 16.7 Å². The largest absolute Gasteiger partial charge is 0.486 e. The van der Waals surface area contributed by atoms with Crippen molar-refractivity contribution in [3.05, 3.63) is 71.9 Å². The number of amides is 1. The molecule has 3 rings (SSSR count). The van der Waals surface area contributed by atoms with Crippen molar-refractivity contribution >= 4 is 29.3 Å². The second-order valence-electron chi connectivity index (χ2n) is 5.69. The highest BCUT2D eigenvalue weighted by Gasteiger charge is 2.16. The Hall–Kier alpha value is -2.71. The lowest BCUT2D eigenvalue weighted by Gasteiger charge is -2.10. The fourth-order valence-electron chi connectivity index (χ4n) is 2.30. The standard InChI is InChI=1S/C19H19ClN4O3S/c1-2-9-21-18(25)13-28-19-23-22-17(24(19)11-16-4-3-10-26-16)12-27-15-7-5-14(20)6-8-15/h2-8,10H,1,9,11-13H2,(H,21,25). The van der Waals surface area contributed by atoms with Gasteiger partial charge in [0.1, 0.15) is 18.1 Å². The maximum atomic E-state index is 11.9. The minimum atomic E-state index is -0.101. The number of nitrogens with one attached hydrogen (secondary N) is 1. The number of thioether (sulfide) groups is 1. The predicted molar refractivity (Wildman–Crippen MR) is 108 cm³/mol. The van der Waals surface area contributed by atoms with Crippen molar-refractivity contribution in [3.8, 4) is 5.75 Å². The van der Waals surface area contributed by atoms with Crippen LogP contribution in [0.4, 0.5) is 0 Å². The van der Waals surface area contributed by atoms with Gasteiger partial charge < -0.3 is 14.5 Å². The molecule has 0 fully saturated rings. The zero-order valence-corrected chi connectivity index (χ0v) is 16.6. The summed E-state index contributed by atoms with van der Waals surface area (Å²) in [7, 11) is 0. The summed E-state index contributed by atoms with van der Waals surface area (Å²) in [5, 5.41) is 12.4. The van der Waals surface area contributed by atoms with Crippen LogP contribution >= 0.6 is 23.4 Å². The van der Waals surface area contributed by atoms with Crippen LogP contribution in [0.2, 0.25) is 5.02 Å². The molecule has 9 heteroatoms. The summed E-state index contributed by atoms with van der Waals surface area (Å²) in [6.45, 7) is 4.67. The Kier molecular flexibility index (Phi) is 7.16. The molecule has 0 aliphatic heterocycles. The van der Waals surface area contributed by atoms with Gasteiger partial charge in [-0.05, 0) is 36.4 Å². The summed E-state index contributed by atoms with van der Waals surface area (Å²) in [4.78, 5) is 11.9. The number of furan rings is 1. The molecule has 2 aromatic heterocycles. The Morgan fingerprint density at radius 3 is 2.86 bits per heavy atom. The molecule has 0 saturated carbocycles. The maximum Gasteiger partial charge on any atom is 0.230 e. The minimum absolute atomic E-state index is 0.101. The van der Waals surface area contributed by atoms with E-state index in [1.165, 1.54) is 11.8 Å². The molecule has 146 valence electrons. The maximum absolute atomic E-state index is 11.9. The van der Waals surface area contributed by atoms with Gasteiger partial charge in [-0.2, -0.15) is 0 Å². The van der Waals surface area contributed by atoms with Crippen LogP contribution in [0, 0.1) is 0 Å². The van der Waals surface area contributed by atoms with Gasteiger partial charge in [0.05, 0.1) is 18.6 Å². The molecule has 1 N–H and O–H groups in total. The lowest BCUT2D eigenvalue weighted by molar-refractivity contribution is -0.118. The Bertz CT molecular complexity index is 910. The molecule has 1 aromatic carbocycles. The number of hydrogen-bond donors (Lipinski definition) is 1. The first-order valence-corrected chi connectivity index (χ1v) is 9.85. The highest BCUT2D eigenvalue weighted by atomic mass is 35.5. The SMILES string of the molecule is C=CCNC(=O)CSc1nnc(COc2ccc(Cl)cc2)n1Cc1ccco1. The number of hydrogen-bond acceptors (Lipinski definition) is 6. The molecule has 0 bridgehead atoms. The van der Waals surface area contributed by atoms with E-state index in [0.29, 0.717) is 34.8 Å². The average Bonchev–Trinajstić information content (AvgIpc) is 3.35. The fourth-order valence-corrected chi connectivity index (χ4v) is 3.21. The van der Waals surface area contributed by atoms with Crippen molar-refractivity contribution in [2.45, 2.75) is 18.3 Å². The molecule has 0 atom stereocenters. The number of carbonyl (C=O) groups is 1.